The number of piperazine rings is 1. The minimum absolute atomic E-state index is 0.0645. The molecule has 6 heterocycles. The number of nitrogens with one attached hydrogen (secondary N) is 3. The van der Waals surface area contributed by atoms with E-state index in [0.29, 0.717) is 66.8 Å². The molecule has 326 valence electrons. The molecule has 9 rings (SSSR count). The van der Waals surface area contributed by atoms with Gasteiger partial charge in [0.15, 0.2) is 11.5 Å². The molecule has 18 nitrogen and oxygen atoms in total. The highest BCUT2D eigenvalue weighted by atomic mass is 16.5. The van der Waals surface area contributed by atoms with Crippen molar-refractivity contribution in [3.63, 3.8) is 0 Å². The third kappa shape index (κ3) is 7.85. The van der Waals surface area contributed by atoms with Crippen LogP contribution in [0.1, 0.15) is 64.6 Å². The number of anilines is 4. The van der Waals surface area contributed by atoms with Crippen molar-refractivity contribution in [2.45, 2.75) is 57.2 Å². The quantitative estimate of drug-likeness (QED) is 0.0678. The fraction of sp³-hybridized carbons (Fsp3) is 0.378. The first kappa shape index (κ1) is 41.6. The molecule has 0 radical (unpaired) electrons. The minimum Gasteiger partial charge on any atom is -0.384 e. The maximum Gasteiger partial charge on any atom is 0.278 e. The zero-order chi connectivity index (χ0) is 43.8. The maximum absolute atomic E-state index is 13.5. The number of benzene rings is 2. The number of aromatic nitrogens is 5. The lowest BCUT2D eigenvalue weighted by atomic mass is 9.98. The number of ether oxygens (including phenoxy) is 1. The molecule has 0 saturated carbocycles. The number of hydrogen-bond acceptors (Lipinski definition) is 14. The van der Waals surface area contributed by atoms with E-state index in [1.54, 1.807) is 29.0 Å². The second-order valence-corrected chi connectivity index (χ2v) is 16.2. The zero-order valence-corrected chi connectivity index (χ0v) is 35.0. The monoisotopic (exact) mass is 855 g/mol. The van der Waals surface area contributed by atoms with E-state index in [1.165, 1.54) is 10.9 Å². The van der Waals surface area contributed by atoms with E-state index in [-0.39, 0.29) is 36.1 Å². The summed E-state index contributed by atoms with van der Waals surface area (Å²) in [5.74, 6) is -1.33. The first-order chi connectivity index (χ1) is 30.6. The normalized spacial score (nSPS) is 20.0. The Morgan fingerprint density at radius 1 is 0.968 bits per heavy atom. The van der Waals surface area contributed by atoms with E-state index in [0.717, 1.165) is 61.0 Å². The predicted molar refractivity (Wildman–Crippen MR) is 234 cm³/mol. The Morgan fingerprint density at radius 3 is 2.54 bits per heavy atom. The van der Waals surface area contributed by atoms with Crippen LogP contribution in [0.2, 0.25) is 0 Å². The Balaban J connectivity index is 0.757. The summed E-state index contributed by atoms with van der Waals surface area (Å²) in [6.45, 7) is 11.6. The summed E-state index contributed by atoms with van der Waals surface area (Å²) in [7, 11) is 0. The number of nitrogens with zero attached hydrogens (tertiary/aromatic N) is 8. The van der Waals surface area contributed by atoms with Crippen molar-refractivity contribution in [1.82, 2.24) is 39.4 Å². The molecule has 2 atom stereocenters. The van der Waals surface area contributed by atoms with Gasteiger partial charge in [0.2, 0.25) is 17.8 Å². The standard InChI is InChI=1S/C45H49N11O7/c1-3-19-54-41(59)32-27-47-44(51-39(32)56(54)35-14-8-28-16-17-45(62,4-2)38(28)49-35)48-29-9-11-30(12-10-29)53-22-20-52(21-23-53)24-26-63-25-18-46-33-7-5-6-31-37(33)43(61)55(42(31)60)34-13-15-36(57)50-40(34)58/h3,5-12,14,27,34,46,62H,1,4,13,15-26H2,2H3,(H,47,48,51)(H,50,57,58)/t34?,45-/m1/s1. The van der Waals surface area contributed by atoms with E-state index in [1.807, 2.05) is 31.2 Å². The van der Waals surface area contributed by atoms with Gasteiger partial charge in [-0.1, -0.05) is 25.1 Å². The molecule has 3 aromatic heterocycles. The summed E-state index contributed by atoms with van der Waals surface area (Å²) in [5.41, 5.74) is 3.61. The molecule has 63 heavy (non-hydrogen) atoms. The van der Waals surface area contributed by atoms with E-state index < -0.39 is 35.3 Å². The highest BCUT2D eigenvalue weighted by molar-refractivity contribution is 6.25. The molecule has 4 N–H and O–H groups in total. The molecule has 4 amide bonds. The second-order valence-electron chi connectivity index (χ2n) is 16.2. The van der Waals surface area contributed by atoms with E-state index >= 15 is 0 Å². The smallest absolute Gasteiger partial charge is 0.278 e. The molecule has 3 aliphatic heterocycles. The summed E-state index contributed by atoms with van der Waals surface area (Å²) in [4.78, 5) is 83.8. The van der Waals surface area contributed by atoms with Crippen LogP contribution < -0.4 is 26.4 Å². The lowest BCUT2D eigenvalue weighted by Crippen LogP contribution is -2.54. The van der Waals surface area contributed by atoms with Crippen LogP contribution in [-0.2, 0) is 32.9 Å². The number of imide groups is 2. The number of carbonyl (C=O) groups excluding carboxylic acids is 4. The van der Waals surface area contributed by atoms with Gasteiger partial charge in [-0.2, -0.15) is 4.98 Å². The summed E-state index contributed by atoms with van der Waals surface area (Å²) in [6.07, 6.45) is 5.24. The molecule has 18 heteroatoms. The van der Waals surface area contributed by atoms with Gasteiger partial charge in [0.1, 0.15) is 17.0 Å². The SMILES string of the molecule is C=CCn1c(=O)c2cnc(Nc3ccc(N4CCN(CCOCCNc5cccc6c5C(=O)N(C5CCC(=O)NC5=O)C6=O)CC4)cc3)nc2n1-c1ccc2c(n1)[C@@](O)(CC)CC2. The Hall–Kier alpha value is -6.76. The molecule has 2 saturated heterocycles. The molecule has 5 aromatic rings. The molecule has 0 bridgehead atoms. The highest BCUT2D eigenvalue weighted by Gasteiger charge is 2.45. The number of carbonyl (C=O) groups is 4. The maximum atomic E-state index is 13.5. The third-order valence-corrected chi connectivity index (χ3v) is 12.4. The van der Waals surface area contributed by atoms with Crippen LogP contribution >= 0.6 is 0 Å². The summed E-state index contributed by atoms with van der Waals surface area (Å²) in [5, 5.41) is 20.3. The van der Waals surface area contributed by atoms with Crippen LogP contribution in [0.5, 0.6) is 0 Å². The molecular weight excluding hydrogens is 807 g/mol. The molecule has 1 unspecified atom stereocenters. The Labute approximate surface area is 362 Å². The number of pyridine rings is 1. The van der Waals surface area contributed by atoms with Gasteiger partial charge in [0.05, 0.1) is 36.6 Å². The Bertz CT molecular complexity index is 2690. The topological polar surface area (TPSA) is 209 Å². The zero-order valence-electron chi connectivity index (χ0n) is 35.0. The van der Waals surface area contributed by atoms with Crippen molar-refractivity contribution in [2.24, 2.45) is 0 Å². The first-order valence-corrected chi connectivity index (χ1v) is 21.4. The van der Waals surface area contributed by atoms with Crippen molar-refractivity contribution < 1.29 is 29.0 Å². The fourth-order valence-corrected chi connectivity index (χ4v) is 8.94. The molecule has 2 aromatic carbocycles. The number of amides is 4. The van der Waals surface area contributed by atoms with Gasteiger partial charge < -0.3 is 25.4 Å². The van der Waals surface area contributed by atoms with Crippen LogP contribution in [0.15, 0.2) is 78.2 Å². The summed E-state index contributed by atoms with van der Waals surface area (Å²) >= 11 is 0. The van der Waals surface area contributed by atoms with E-state index in [2.05, 4.69) is 49.4 Å². The second kappa shape index (κ2) is 17.2. The lowest BCUT2D eigenvalue weighted by Gasteiger charge is -2.36. The van der Waals surface area contributed by atoms with Gasteiger partial charge in [-0.25, -0.2) is 19.3 Å². The molecule has 0 spiro atoms. The lowest BCUT2D eigenvalue weighted by molar-refractivity contribution is -0.136. The van der Waals surface area contributed by atoms with E-state index in [9.17, 15) is 29.1 Å². The number of fused-ring (bicyclic) bond motifs is 3. The average molecular weight is 856 g/mol. The van der Waals surface area contributed by atoms with Gasteiger partial charge in [0, 0.05) is 68.9 Å². The fourth-order valence-electron chi connectivity index (χ4n) is 8.94. The van der Waals surface area contributed by atoms with Crippen molar-refractivity contribution in [1.29, 1.82) is 0 Å². The number of hydrogen-bond donors (Lipinski definition) is 4. The highest BCUT2D eigenvalue weighted by Crippen LogP contribution is 2.39. The van der Waals surface area contributed by atoms with Crippen molar-refractivity contribution in [2.75, 3.05) is 68.0 Å². The third-order valence-electron chi connectivity index (χ3n) is 12.4. The van der Waals surface area contributed by atoms with Gasteiger partial charge in [-0.15, -0.1) is 6.58 Å². The van der Waals surface area contributed by atoms with Crippen molar-refractivity contribution in [3.05, 3.63) is 106 Å². The molecule has 1 aliphatic carbocycles. The first-order valence-electron chi connectivity index (χ1n) is 21.4. The average Bonchev–Trinajstić information content (AvgIpc) is 3.87. The predicted octanol–water partition coefficient (Wildman–Crippen LogP) is 3.10. The summed E-state index contributed by atoms with van der Waals surface area (Å²) < 4.78 is 9.13. The van der Waals surface area contributed by atoms with Gasteiger partial charge in [0.25, 0.3) is 17.4 Å². The van der Waals surface area contributed by atoms with Gasteiger partial charge >= 0.3 is 0 Å². The molecular formula is C45H49N11O7. The number of piperidine rings is 1. The minimum atomic E-state index is -1.02. The summed E-state index contributed by atoms with van der Waals surface area (Å²) in [6, 6.07) is 15.9. The molecule has 2 fully saturated rings. The van der Waals surface area contributed by atoms with Crippen LogP contribution in [-0.4, -0.2) is 121 Å². The number of aliphatic hydroxyl groups is 1. The van der Waals surface area contributed by atoms with Crippen LogP contribution in [0.4, 0.5) is 23.0 Å². The van der Waals surface area contributed by atoms with Crippen molar-refractivity contribution >= 4 is 57.7 Å². The largest absolute Gasteiger partial charge is 0.384 e. The van der Waals surface area contributed by atoms with Crippen LogP contribution in [0.3, 0.4) is 0 Å². The van der Waals surface area contributed by atoms with Crippen LogP contribution in [0, 0.1) is 0 Å². The number of allylic oxidation sites excluding steroid dienone is 1. The van der Waals surface area contributed by atoms with Gasteiger partial charge in [-0.3, -0.25) is 39.1 Å². The van der Waals surface area contributed by atoms with Crippen LogP contribution in [0.25, 0.3) is 16.9 Å². The molecule has 4 aliphatic rings. The Kier molecular flexibility index (Phi) is 11.3. The number of rotatable bonds is 15. The Morgan fingerprint density at radius 2 is 1.78 bits per heavy atom. The number of aryl methyl sites for hydroxylation is 1. The van der Waals surface area contributed by atoms with Crippen molar-refractivity contribution in [3.8, 4) is 5.82 Å². The van der Waals surface area contributed by atoms with Gasteiger partial charge in [-0.05, 0) is 73.7 Å². The van der Waals surface area contributed by atoms with E-state index in [4.69, 9.17) is 14.7 Å².